The lowest BCUT2D eigenvalue weighted by Gasteiger charge is -2.27. The molecule has 0 aliphatic heterocycles. The number of fused-ring (bicyclic) bond motifs is 2. The fraction of sp³-hybridized carbons (Fsp3) is 0.429. The molecule has 0 radical (unpaired) electrons. The monoisotopic (exact) mass is 431 g/mol. The number of benzene rings is 2. The van der Waals surface area contributed by atoms with E-state index in [0.717, 1.165) is 29.9 Å². The van der Waals surface area contributed by atoms with Gasteiger partial charge in [0.05, 0.1) is 0 Å². The average Bonchev–Trinajstić information content (AvgIpc) is 3.42. The fourth-order valence-corrected chi connectivity index (χ4v) is 5.52. The summed E-state index contributed by atoms with van der Waals surface area (Å²) < 4.78 is 0. The first kappa shape index (κ1) is 22.3. The van der Waals surface area contributed by atoms with Gasteiger partial charge in [0, 0.05) is 18.6 Å². The molecule has 2 fully saturated rings. The molecule has 32 heavy (non-hydrogen) atoms. The van der Waals surface area contributed by atoms with Gasteiger partial charge in [0.1, 0.15) is 0 Å². The number of nitrogens with zero attached hydrogens (tertiary/aromatic N) is 1. The lowest BCUT2D eigenvalue weighted by Crippen LogP contribution is -2.23. The van der Waals surface area contributed by atoms with E-state index < -0.39 is 5.97 Å². The standard InChI is InChI=1S/C28H33NO3/c30-27(31)16-10-2-1-9-15-25-23-17-18-24(19-23)26(25)20-29-32-28(21-11-5-3-6-12-21)22-13-7-4-8-14-22/h1,3-9,11-14,20,23-26,28H,2,10,15-19H2,(H,30,31)/b9-1-,29-20+/t23-,24+,25+,26+/m1/s1. The molecule has 4 nitrogen and oxygen atoms in total. The number of carboxylic acid groups (broad SMARTS) is 1. The second-order valence-electron chi connectivity index (χ2n) is 9.13. The summed E-state index contributed by atoms with van der Waals surface area (Å²) in [6, 6.07) is 20.5. The number of allylic oxidation sites excluding steroid dienone is 2. The highest BCUT2D eigenvalue weighted by Crippen LogP contribution is 2.53. The molecule has 4 rings (SSSR count). The maximum absolute atomic E-state index is 10.6. The van der Waals surface area contributed by atoms with Crippen molar-refractivity contribution >= 4 is 12.2 Å². The van der Waals surface area contributed by atoms with Gasteiger partial charge in [-0.25, -0.2) is 0 Å². The van der Waals surface area contributed by atoms with Gasteiger partial charge in [-0.3, -0.25) is 4.79 Å². The highest BCUT2D eigenvalue weighted by atomic mass is 16.6. The maximum Gasteiger partial charge on any atom is 0.303 e. The Bertz CT molecular complexity index is 869. The second kappa shape index (κ2) is 11.1. The molecule has 0 heterocycles. The Morgan fingerprint density at radius 3 is 2.31 bits per heavy atom. The minimum Gasteiger partial charge on any atom is -0.481 e. The van der Waals surface area contributed by atoms with E-state index in [1.807, 2.05) is 36.4 Å². The molecule has 0 unspecified atom stereocenters. The first-order valence-electron chi connectivity index (χ1n) is 11.9. The zero-order valence-corrected chi connectivity index (χ0v) is 18.6. The Hall–Kier alpha value is -2.88. The van der Waals surface area contributed by atoms with Crippen molar-refractivity contribution in [1.82, 2.24) is 0 Å². The predicted molar refractivity (Wildman–Crippen MR) is 127 cm³/mol. The number of oxime groups is 1. The normalized spacial score (nSPS) is 24.7. The number of unbranched alkanes of at least 4 members (excludes halogenated alkanes) is 1. The summed E-state index contributed by atoms with van der Waals surface area (Å²) in [5, 5.41) is 13.3. The molecule has 0 spiro atoms. The van der Waals surface area contributed by atoms with Gasteiger partial charge < -0.3 is 9.94 Å². The summed E-state index contributed by atoms with van der Waals surface area (Å²) >= 11 is 0. The largest absolute Gasteiger partial charge is 0.481 e. The van der Waals surface area contributed by atoms with Gasteiger partial charge in [-0.15, -0.1) is 0 Å². The van der Waals surface area contributed by atoms with Gasteiger partial charge in [-0.05, 0) is 67.4 Å². The van der Waals surface area contributed by atoms with Gasteiger partial charge in [-0.1, -0.05) is 78.0 Å². The highest BCUT2D eigenvalue weighted by molar-refractivity contribution is 5.66. The van der Waals surface area contributed by atoms with Crippen LogP contribution in [0, 0.1) is 23.7 Å². The molecule has 0 amide bonds. The fourth-order valence-electron chi connectivity index (χ4n) is 5.52. The van der Waals surface area contributed by atoms with E-state index in [1.165, 1.54) is 19.3 Å². The van der Waals surface area contributed by atoms with E-state index in [1.54, 1.807) is 0 Å². The van der Waals surface area contributed by atoms with Crippen molar-refractivity contribution in [2.24, 2.45) is 28.8 Å². The van der Waals surface area contributed by atoms with Gasteiger partial charge in [0.2, 0.25) is 0 Å². The van der Waals surface area contributed by atoms with Crippen LogP contribution in [-0.4, -0.2) is 17.3 Å². The van der Waals surface area contributed by atoms with Crippen LogP contribution in [0.2, 0.25) is 0 Å². The molecule has 2 aliphatic carbocycles. The van der Waals surface area contributed by atoms with Crippen molar-refractivity contribution in [2.75, 3.05) is 0 Å². The van der Waals surface area contributed by atoms with Gasteiger partial charge in [-0.2, -0.15) is 0 Å². The smallest absolute Gasteiger partial charge is 0.303 e. The van der Waals surface area contributed by atoms with E-state index in [9.17, 15) is 4.79 Å². The molecule has 1 N–H and O–H groups in total. The molecule has 2 saturated carbocycles. The number of hydrogen-bond donors (Lipinski definition) is 1. The van der Waals surface area contributed by atoms with E-state index in [4.69, 9.17) is 9.94 Å². The summed E-state index contributed by atoms with van der Waals surface area (Å²) in [4.78, 5) is 16.8. The zero-order valence-electron chi connectivity index (χ0n) is 18.6. The minimum atomic E-state index is -0.716. The van der Waals surface area contributed by atoms with Gasteiger partial charge in [0.25, 0.3) is 0 Å². The average molecular weight is 432 g/mol. The van der Waals surface area contributed by atoms with Crippen molar-refractivity contribution in [2.45, 2.75) is 51.0 Å². The Morgan fingerprint density at radius 2 is 1.66 bits per heavy atom. The molecule has 168 valence electrons. The van der Waals surface area contributed by atoms with E-state index in [2.05, 4.69) is 47.8 Å². The molecular formula is C28H33NO3. The third-order valence-electron chi connectivity index (χ3n) is 7.10. The Balaban J connectivity index is 1.39. The zero-order chi connectivity index (χ0) is 22.2. The van der Waals surface area contributed by atoms with Crippen molar-refractivity contribution in [3.63, 3.8) is 0 Å². The van der Waals surface area contributed by atoms with Crippen molar-refractivity contribution in [3.05, 3.63) is 83.9 Å². The molecule has 2 aromatic rings. The Labute approximate surface area is 191 Å². The number of carbonyl (C=O) groups is 1. The molecule has 0 saturated heterocycles. The lowest BCUT2D eigenvalue weighted by atomic mass is 9.78. The first-order valence-corrected chi connectivity index (χ1v) is 11.9. The summed E-state index contributed by atoms with van der Waals surface area (Å²) in [7, 11) is 0. The molecule has 2 aliphatic rings. The van der Waals surface area contributed by atoms with Crippen LogP contribution in [0.25, 0.3) is 0 Å². The summed E-state index contributed by atoms with van der Waals surface area (Å²) in [5.41, 5.74) is 2.20. The molecule has 2 bridgehead atoms. The maximum atomic E-state index is 10.6. The number of rotatable bonds is 11. The molecule has 0 aromatic heterocycles. The SMILES string of the molecule is O=C(O)CCC/C=C\C[C@H]1[C@@H]2CC[C@@H](C2)[C@@H]1/C=N/OC(c1ccccc1)c1ccccc1. The second-order valence-corrected chi connectivity index (χ2v) is 9.13. The Morgan fingerprint density at radius 1 is 1.00 bits per heavy atom. The van der Waals surface area contributed by atoms with E-state index >= 15 is 0 Å². The molecule has 2 aromatic carbocycles. The van der Waals surface area contributed by atoms with Gasteiger partial charge >= 0.3 is 5.97 Å². The Kier molecular flexibility index (Phi) is 7.76. The highest BCUT2D eigenvalue weighted by Gasteiger charge is 2.46. The molecular weight excluding hydrogens is 398 g/mol. The predicted octanol–water partition coefficient (Wildman–Crippen LogP) is 6.64. The third-order valence-corrected chi connectivity index (χ3v) is 7.10. The van der Waals surface area contributed by atoms with Crippen LogP contribution >= 0.6 is 0 Å². The van der Waals surface area contributed by atoms with Crippen LogP contribution in [0.1, 0.15) is 62.2 Å². The van der Waals surface area contributed by atoms with E-state index in [-0.39, 0.29) is 12.5 Å². The number of hydrogen-bond acceptors (Lipinski definition) is 3. The van der Waals surface area contributed by atoms with Crippen LogP contribution in [0.4, 0.5) is 0 Å². The minimum absolute atomic E-state index is 0.208. The van der Waals surface area contributed by atoms with Crippen molar-refractivity contribution in [1.29, 1.82) is 0 Å². The quantitative estimate of drug-likeness (QED) is 0.188. The summed E-state index contributed by atoms with van der Waals surface area (Å²) in [6.07, 6.45) is 13.0. The van der Waals surface area contributed by atoms with Crippen LogP contribution < -0.4 is 0 Å². The molecule has 4 atom stereocenters. The van der Waals surface area contributed by atoms with Crippen LogP contribution in [0.15, 0.2) is 78.0 Å². The number of carboxylic acids is 1. The third kappa shape index (κ3) is 5.67. The summed E-state index contributed by atoms with van der Waals surface area (Å²) in [5.74, 6) is 1.85. The van der Waals surface area contributed by atoms with Crippen LogP contribution in [0.5, 0.6) is 0 Å². The molecule has 4 heteroatoms. The number of aliphatic carboxylic acids is 1. The van der Waals surface area contributed by atoms with Gasteiger partial charge in [0.15, 0.2) is 6.10 Å². The van der Waals surface area contributed by atoms with E-state index in [0.29, 0.717) is 24.2 Å². The lowest BCUT2D eigenvalue weighted by molar-refractivity contribution is -0.137. The van der Waals surface area contributed by atoms with Crippen molar-refractivity contribution < 1.29 is 14.7 Å². The van der Waals surface area contributed by atoms with Crippen molar-refractivity contribution in [3.8, 4) is 0 Å². The topological polar surface area (TPSA) is 58.9 Å². The first-order chi connectivity index (χ1) is 15.7. The van der Waals surface area contributed by atoms with Crippen LogP contribution in [0.3, 0.4) is 0 Å². The summed E-state index contributed by atoms with van der Waals surface area (Å²) in [6.45, 7) is 0. The van der Waals surface area contributed by atoms with Crippen LogP contribution in [-0.2, 0) is 9.63 Å².